The number of hydrogen-bond acceptors (Lipinski definition) is 22. The largest absolute Gasteiger partial charge is 2.00 e. The molecule has 0 bridgehead atoms. The first kappa shape index (κ1) is 95.8. The first-order chi connectivity index (χ1) is 62.8. The quantitative estimate of drug-likeness (QED) is 0.0771. The van der Waals surface area contributed by atoms with Crippen LogP contribution in [0, 0.1) is 0 Å². The average Bonchev–Trinajstić information content (AvgIpc) is 1.55. The third kappa shape index (κ3) is 22.8. The Hall–Kier alpha value is -13.8. The van der Waals surface area contributed by atoms with Gasteiger partial charge in [-0.3, -0.25) is 0 Å². The molecule has 0 amide bonds. The Morgan fingerprint density at radius 3 is 0.879 bits per heavy atom. The van der Waals surface area contributed by atoms with Crippen molar-refractivity contribution in [2.24, 2.45) is 0 Å². The zero-order valence-electron chi connectivity index (χ0n) is 70.2. The average molecular weight is 1990 g/mol. The summed E-state index contributed by atoms with van der Waals surface area (Å²) in [6.07, 6.45) is 3.46. The fourth-order valence-electron chi connectivity index (χ4n) is 13.6. The second kappa shape index (κ2) is 45.7. The molecule has 0 atom stereocenters. The Bertz CT molecular complexity index is 7040. The summed E-state index contributed by atoms with van der Waals surface area (Å²) in [7, 11) is 0. The van der Waals surface area contributed by atoms with Crippen molar-refractivity contribution in [2.45, 2.75) is 0 Å². The molecule has 0 aliphatic heterocycles. The number of oxazole rings is 2. The van der Waals surface area contributed by atoms with Crippen LogP contribution >= 0.6 is 68.0 Å². The smallest absolute Gasteiger partial charge is 0.872 e. The number of para-hydroxylation sites is 14. The molecule has 28 heteroatoms. The molecule has 18 nitrogen and oxygen atoms in total. The third-order valence-corrected chi connectivity index (χ3v) is 25.7. The molecule has 630 valence electrons. The molecule has 8 N–H and O–H groups in total. The van der Waals surface area contributed by atoms with Crippen molar-refractivity contribution in [3.8, 4) is 132 Å². The number of phenolic OH excluding ortho intramolecular Hbond substituents is 6. The van der Waals surface area contributed by atoms with Crippen molar-refractivity contribution in [2.75, 3.05) is 0 Å². The van der Waals surface area contributed by atoms with E-state index < -0.39 is 0 Å². The van der Waals surface area contributed by atoms with Crippen LogP contribution < -0.4 is 20.2 Å². The second-order valence-electron chi connectivity index (χ2n) is 28.1. The van der Waals surface area contributed by atoms with Gasteiger partial charge in [-0.1, -0.05) is 253 Å². The maximum atomic E-state index is 12.3. The molecule has 0 saturated heterocycles. The molecule has 0 spiro atoms. The molecule has 0 saturated carbocycles. The van der Waals surface area contributed by atoms with Gasteiger partial charge in [-0.05, 0) is 155 Å². The fourth-order valence-corrected chi connectivity index (χ4v) is 19.1. The van der Waals surface area contributed by atoms with Gasteiger partial charge < -0.3 is 49.7 Å². The van der Waals surface area contributed by atoms with E-state index >= 15 is 0 Å². The summed E-state index contributed by atoms with van der Waals surface area (Å²) in [4.78, 5) is 32.6. The maximum Gasteiger partial charge on any atom is 2.00 e. The summed E-state index contributed by atoms with van der Waals surface area (Å²) in [6.45, 7) is 0. The van der Waals surface area contributed by atoms with E-state index in [1.807, 2.05) is 278 Å². The van der Waals surface area contributed by atoms with Gasteiger partial charge in [0.05, 0.1) is 64.9 Å². The zero-order chi connectivity index (χ0) is 87.7. The van der Waals surface area contributed by atoms with E-state index in [9.17, 15) is 40.9 Å². The minimum Gasteiger partial charge on any atom is -0.872 e. The van der Waals surface area contributed by atoms with Gasteiger partial charge in [0, 0.05) is 93.7 Å². The first-order valence-electron chi connectivity index (χ1n) is 39.9. The molecular weight excluding hydrogens is 1920 g/mol. The van der Waals surface area contributed by atoms with Gasteiger partial charge in [0.2, 0.25) is 22.8 Å². The van der Waals surface area contributed by atoms with Crippen LogP contribution in [0.15, 0.2) is 396 Å². The number of rotatable bonds is 8. The number of aromatic amines is 2. The van der Waals surface area contributed by atoms with Gasteiger partial charge in [0.15, 0.2) is 11.2 Å². The van der Waals surface area contributed by atoms with Gasteiger partial charge in [0.25, 0.3) is 10.0 Å². The molecule has 0 fully saturated rings. The number of aromatic nitrogens is 8. The number of thiazole rings is 6. The maximum absolute atomic E-state index is 12.3. The van der Waals surface area contributed by atoms with Crippen molar-refractivity contribution in [3.05, 3.63) is 387 Å². The number of fused-ring (bicyclic) bond motifs is 8. The van der Waals surface area contributed by atoms with Crippen LogP contribution in [0.4, 0.5) is 0 Å². The summed E-state index contributed by atoms with van der Waals surface area (Å²) in [5.41, 5.74) is 13.1. The van der Waals surface area contributed by atoms with Gasteiger partial charge >= 0.3 is 10.1 Å². The van der Waals surface area contributed by atoms with E-state index in [2.05, 4.69) is 52.0 Å². The molecule has 0 aliphatic carbocycles. The minimum atomic E-state index is 0. The molecule has 0 unspecified atom stereocenters. The fraction of sp³-hybridized carbons (Fsp3) is 0. The Morgan fingerprint density at radius 2 is 0.553 bits per heavy atom. The van der Waals surface area contributed by atoms with Crippen LogP contribution in [0.25, 0.3) is 171 Å². The number of nitrogens with one attached hydrogen (secondary N) is 2. The topological polar surface area (TPSA) is 299 Å². The summed E-state index contributed by atoms with van der Waals surface area (Å²) in [5, 5.41) is 95.6. The third-order valence-electron chi connectivity index (χ3n) is 19.8. The predicted molar refractivity (Wildman–Crippen MR) is 521 cm³/mol. The van der Waals surface area contributed by atoms with E-state index in [-0.39, 0.29) is 115 Å². The first-order valence-corrected chi connectivity index (χ1v) is 44.9. The van der Waals surface area contributed by atoms with E-state index in [4.69, 9.17) is 8.83 Å². The number of phenols is 6. The second-order valence-corrected chi connectivity index (χ2v) is 34.1. The van der Waals surface area contributed by atoms with Gasteiger partial charge in [0.1, 0.15) is 75.0 Å². The molecule has 8 aromatic heterocycles. The Kier molecular flexibility index (Phi) is 33.1. The Morgan fingerprint density at radius 1 is 0.265 bits per heavy atom. The minimum absolute atomic E-state index is 0. The van der Waals surface area contributed by atoms with Crippen LogP contribution in [0.5, 0.6) is 46.0 Å². The Labute approximate surface area is 822 Å². The number of nitrogens with zero attached hydrogens (tertiary/aromatic N) is 6. The molecule has 0 aliphatic rings. The summed E-state index contributed by atoms with van der Waals surface area (Å²) < 4.78 is 15.7. The normalized spacial score (nSPS) is 10.4. The number of H-pyrrole nitrogens is 2. The molecule has 24 aromatic rings. The van der Waals surface area contributed by atoms with Crippen molar-refractivity contribution in [1.82, 2.24) is 29.9 Å². The number of hydrogen-bond donors (Lipinski definition) is 6. The monoisotopic (exact) mass is 1990 g/mol. The Balaban J connectivity index is 0.000000128. The van der Waals surface area contributed by atoms with Crippen molar-refractivity contribution in [1.29, 1.82) is 0 Å². The predicted octanol–water partition coefficient (Wildman–Crippen LogP) is 25.6. The van der Waals surface area contributed by atoms with Crippen molar-refractivity contribution in [3.63, 3.8) is 0 Å². The van der Waals surface area contributed by atoms with Crippen LogP contribution in [-0.4, -0.2) is 70.7 Å². The summed E-state index contributed by atoms with van der Waals surface area (Å²) in [6, 6.07) is 113. The van der Waals surface area contributed by atoms with Crippen LogP contribution in [0.3, 0.4) is 0 Å². The summed E-state index contributed by atoms with van der Waals surface area (Å²) >= 11 is 9.47. The van der Waals surface area contributed by atoms with Gasteiger partial charge in [-0.15, -0.1) is 45.3 Å². The molecule has 24 rings (SSSR count). The number of aromatic hydroxyl groups is 6. The van der Waals surface area contributed by atoms with E-state index in [1.165, 1.54) is 22.7 Å². The van der Waals surface area contributed by atoms with E-state index in [0.717, 1.165) is 148 Å². The van der Waals surface area contributed by atoms with Crippen molar-refractivity contribution >= 4 is 163 Å². The molecule has 8 heterocycles. The van der Waals surface area contributed by atoms with Crippen LogP contribution in [0.1, 0.15) is 0 Å². The number of benzene rings is 16. The zero-order valence-corrected chi connectivity index (χ0v) is 84.0. The van der Waals surface area contributed by atoms with Crippen LogP contribution in [-0.2, 0) is 58.4 Å². The summed E-state index contributed by atoms with van der Waals surface area (Å²) in [5.74, 6) is 2.49. The van der Waals surface area contributed by atoms with Crippen LogP contribution in [0.2, 0.25) is 0 Å². The van der Waals surface area contributed by atoms with Gasteiger partial charge in [-0.25, -0.2) is 29.9 Å². The standard InChI is InChI=1S/2C17H11NOS.2C13H9NO2.2C13H9NOS.2C9H7NOS.Be.3Zn/c2*19-14-10-9-11-5-1-2-6-12(11)16(14)17-18-13-7-3-4-8-15(13)20-17;4*15-11-7-3-1-5-9(11)13-14-10-6-2-4-8-12(10)16-13;2*11-8-4-2-1-3-7(8)9-10-5-6-12-9;;;;/h2*1-10,19H;4*1-8,15H;2*1-6,11H;;;;/q;;;;;;;;+2;;;. The molecular formula is C104H72BeN8O10S6Zn3+2. The van der Waals surface area contributed by atoms with Gasteiger partial charge in [-0.2, -0.15) is 9.97 Å². The molecule has 132 heavy (non-hydrogen) atoms. The van der Waals surface area contributed by atoms with E-state index in [1.54, 1.807) is 143 Å². The van der Waals surface area contributed by atoms with E-state index in [0.29, 0.717) is 22.9 Å². The molecule has 0 radical (unpaired) electrons. The molecule has 16 aromatic carbocycles. The SMILES string of the molecule is Oc1ccccc1-c1nc2ccccc2o1.Oc1ccccc1-c1nc2ccccc2o1.Oc1ccccc1-c1nc2ccccc2s1.Oc1ccccc1-c1nc2ccccc2s1.Oc1ccccc1-c1nccs1.Oc1ccccc1-c1nccs1.[Be+2].[O-]c1ccc2ccccc2c1-c1[nH+]c2ccccc2s1.[O-]c1ccc2ccccc2c1-c1[nH+]c2ccccc2s1.[Zn].[Zn].[Zn]. The van der Waals surface area contributed by atoms with Crippen molar-refractivity contribution < 1.29 is 118 Å².